The lowest BCUT2D eigenvalue weighted by Crippen LogP contribution is -2.41. The average Bonchev–Trinajstić information content (AvgIpc) is 2.68. The maximum Gasteiger partial charge on any atom is 0.191 e. The molecule has 5 nitrogen and oxygen atoms in total. The van der Waals surface area contributed by atoms with Gasteiger partial charge in [-0.05, 0) is 62.5 Å². The van der Waals surface area contributed by atoms with Crippen molar-refractivity contribution in [3.8, 4) is 0 Å². The second-order valence-corrected chi connectivity index (χ2v) is 13.6. The van der Waals surface area contributed by atoms with Crippen molar-refractivity contribution < 1.29 is 14.3 Å². The Morgan fingerprint density at radius 2 is 1.66 bits per heavy atom. The molecule has 0 radical (unpaired) electrons. The minimum Gasteiger partial charge on any atom is -0.417 e. The number of hydrogen-bond donors (Lipinski definition) is 3. The Kier molecular flexibility index (Phi) is 16.5. The molecule has 0 aromatic heterocycles. The molecule has 0 aliphatic rings. The molecule has 0 fully saturated rings. The fourth-order valence-corrected chi connectivity index (χ4v) is 3.27. The number of benzene rings is 1. The Balaban J connectivity index is 0.00000113. The van der Waals surface area contributed by atoms with Gasteiger partial charge in [-0.1, -0.05) is 51.1 Å². The van der Waals surface area contributed by atoms with Crippen LogP contribution in [0, 0.1) is 0 Å². The van der Waals surface area contributed by atoms with Gasteiger partial charge in [0.2, 0.25) is 0 Å². The molecule has 1 aromatic rings. The molecule has 1 rings (SSSR count). The molecule has 29 heavy (non-hydrogen) atoms. The standard InChI is InChI=1S/C19H35NO2Si.C4H11NO/c1-19(2,3)23(4,5)22-15-10-9-13-20-14-16-21-17-18-11-7-6-8-12-18;5-3-1-2-4-6/h6-8,11-12,20H,9-10,13-17H2,1-5H3;6H,1-5H2. The van der Waals surface area contributed by atoms with Crippen LogP contribution in [0.1, 0.15) is 52.0 Å². The maximum atomic E-state index is 8.14. The Bertz CT molecular complexity index is 475. The SMILES string of the molecule is CC(C)(C)[Si](C)(C)OCCCCNCCOCc1ccccc1.NCCCCO. The van der Waals surface area contributed by atoms with Gasteiger partial charge in [-0.15, -0.1) is 0 Å². The molecule has 0 spiro atoms. The van der Waals surface area contributed by atoms with Crippen LogP contribution < -0.4 is 11.1 Å². The van der Waals surface area contributed by atoms with Crippen molar-refractivity contribution in [2.24, 2.45) is 5.73 Å². The van der Waals surface area contributed by atoms with Crippen LogP contribution in [0.4, 0.5) is 0 Å². The van der Waals surface area contributed by atoms with E-state index < -0.39 is 8.32 Å². The Morgan fingerprint density at radius 1 is 0.966 bits per heavy atom. The number of aliphatic hydroxyl groups is 1. The van der Waals surface area contributed by atoms with Gasteiger partial charge in [-0.2, -0.15) is 0 Å². The van der Waals surface area contributed by atoms with E-state index in [0.29, 0.717) is 18.2 Å². The number of nitrogens with two attached hydrogens (primary N) is 1. The lowest BCUT2D eigenvalue weighted by atomic mass is 10.2. The third kappa shape index (κ3) is 15.7. The minimum absolute atomic E-state index is 0.275. The lowest BCUT2D eigenvalue weighted by Gasteiger charge is -2.36. The first-order valence-electron chi connectivity index (χ1n) is 11.0. The van der Waals surface area contributed by atoms with Crippen LogP contribution in [0.15, 0.2) is 30.3 Å². The van der Waals surface area contributed by atoms with Crippen molar-refractivity contribution in [3.63, 3.8) is 0 Å². The van der Waals surface area contributed by atoms with E-state index in [9.17, 15) is 0 Å². The van der Waals surface area contributed by atoms with Crippen LogP contribution in [0.5, 0.6) is 0 Å². The van der Waals surface area contributed by atoms with E-state index >= 15 is 0 Å². The van der Waals surface area contributed by atoms with Crippen molar-refractivity contribution >= 4 is 8.32 Å². The van der Waals surface area contributed by atoms with Crippen molar-refractivity contribution in [2.75, 3.05) is 39.5 Å². The Hall–Kier alpha value is -0.763. The lowest BCUT2D eigenvalue weighted by molar-refractivity contribution is 0.122. The van der Waals surface area contributed by atoms with Gasteiger partial charge in [0, 0.05) is 19.8 Å². The van der Waals surface area contributed by atoms with Crippen molar-refractivity contribution in [1.29, 1.82) is 0 Å². The molecule has 1 aromatic carbocycles. The molecule has 0 bridgehead atoms. The number of hydrogen-bond acceptors (Lipinski definition) is 5. The molecule has 0 heterocycles. The van der Waals surface area contributed by atoms with E-state index in [1.54, 1.807) is 0 Å². The van der Waals surface area contributed by atoms with Crippen LogP contribution in [0.3, 0.4) is 0 Å². The van der Waals surface area contributed by atoms with E-state index in [0.717, 1.165) is 52.0 Å². The molecule has 0 aliphatic carbocycles. The van der Waals surface area contributed by atoms with Crippen LogP contribution >= 0.6 is 0 Å². The van der Waals surface area contributed by atoms with E-state index in [2.05, 4.69) is 51.3 Å². The first kappa shape index (κ1) is 28.2. The normalized spacial score (nSPS) is 11.8. The summed E-state index contributed by atoms with van der Waals surface area (Å²) >= 11 is 0. The monoisotopic (exact) mass is 426 g/mol. The zero-order chi connectivity index (χ0) is 22.0. The number of aliphatic hydroxyl groups excluding tert-OH is 1. The topological polar surface area (TPSA) is 76.7 Å². The van der Waals surface area contributed by atoms with E-state index in [1.165, 1.54) is 5.56 Å². The summed E-state index contributed by atoms with van der Waals surface area (Å²) < 4.78 is 11.8. The largest absolute Gasteiger partial charge is 0.417 e. The highest BCUT2D eigenvalue weighted by Crippen LogP contribution is 2.36. The van der Waals surface area contributed by atoms with E-state index in [1.807, 2.05) is 18.2 Å². The van der Waals surface area contributed by atoms with Gasteiger partial charge in [0.25, 0.3) is 0 Å². The van der Waals surface area contributed by atoms with E-state index in [4.69, 9.17) is 20.0 Å². The van der Waals surface area contributed by atoms with Gasteiger partial charge in [-0.25, -0.2) is 0 Å². The van der Waals surface area contributed by atoms with Gasteiger partial charge < -0.3 is 25.3 Å². The van der Waals surface area contributed by atoms with Crippen molar-refractivity contribution in [3.05, 3.63) is 35.9 Å². The molecule has 0 aliphatic heterocycles. The third-order valence-corrected chi connectivity index (χ3v) is 9.70. The molecule has 6 heteroatoms. The summed E-state index contributed by atoms with van der Waals surface area (Å²) in [5.74, 6) is 0. The number of ether oxygens (including phenoxy) is 1. The van der Waals surface area contributed by atoms with Crippen LogP contribution in [-0.4, -0.2) is 52.9 Å². The number of nitrogens with one attached hydrogen (secondary N) is 1. The molecule has 4 N–H and O–H groups in total. The molecule has 0 saturated heterocycles. The van der Waals surface area contributed by atoms with Crippen molar-refractivity contribution in [1.82, 2.24) is 5.32 Å². The highest BCUT2D eigenvalue weighted by molar-refractivity contribution is 6.74. The third-order valence-electron chi connectivity index (χ3n) is 5.16. The predicted molar refractivity (Wildman–Crippen MR) is 127 cm³/mol. The second-order valence-electron chi connectivity index (χ2n) is 8.82. The minimum atomic E-state index is -1.56. The van der Waals surface area contributed by atoms with Crippen LogP contribution in [-0.2, 0) is 15.8 Å². The summed E-state index contributed by atoms with van der Waals surface area (Å²) in [5, 5.41) is 11.9. The summed E-state index contributed by atoms with van der Waals surface area (Å²) in [6.07, 6.45) is 4.07. The molecule has 0 saturated carbocycles. The summed E-state index contributed by atoms with van der Waals surface area (Å²) in [4.78, 5) is 0. The maximum absolute atomic E-state index is 8.14. The van der Waals surface area contributed by atoms with Gasteiger partial charge in [0.05, 0.1) is 13.2 Å². The van der Waals surface area contributed by atoms with Gasteiger partial charge in [0.15, 0.2) is 8.32 Å². The van der Waals surface area contributed by atoms with Gasteiger partial charge in [0.1, 0.15) is 0 Å². The van der Waals surface area contributed by atoms with Gasteiger partial charge >= 0.3 is 0 Å². The Labute approximate surface area is 180 Å². The molecule has 0 atom stereocenters. The second kappa shape index (κ2) is 17.0. The molecule has 170 valence electrons. The number of rotatable bonds is 14. The average molecular weight is 427 g/mol. The molecule has 0 unspecified atom stereocenters. The molecular weight excluding hydrogens is 380 g/mol. The Morgan fingerprint density at radius 3 is 2.21 bits per heavy atom. The highest BCUT2D eigenvalue weighted by atomic mass is 28.4. The zero-order valence-electron chi connectivity index (χ0n) is 19.5. The summed E-state index contributed by atoms with van der Waals surface area (Å²) in [7, 11) is -1.56. The zero-order valence-corrected chi connectivity index (χ0v) is 20.5. The molecule has 0 amide bonds. The first-order valence-corrected chi connectivity index (χ1v) is 13.9. The first-order chi connectivity index (χ1) is 13.7. The number of unbranched alkanes of at least 4 members (excludes halogenated alkanes) is 2. The summed E-state index contributed by atoms with van der Waals surface area (Å²) in [5.41, 5.74) is 6.34. The van der Waals surface area contributed by atoms with Crippen molar-refractivity contribution in [2.45, 2.75) is 71.2 Å². The summed E-state index contributed by atoms with van der Waals surface area (Å²) in [6, 6.07) is 10.3. The summed E-state index contributed by atoms with van der Waals surface area (Å²) in [6.45, 7) is 16.8. The van der Waals surface area contributed by atoms with Crippen LogP contribution in [0.2, 0.25) is 18.1 Å². The van der Waals surface area contributed by atoms with Gasteiger partial charge in [-0.3, -0.25) is 0 Å². The fourth-order valence-electron chi connectivity index (χ4n) is 2.19. The fraction of sp³-hybridized carbons (Fsp3) is 0.739. The van der Waals surface area contributed by atoms with Crippen LogP contribution in [0.25, 0.3) is 0 Å². The molecular formula is C23H46N2O3Si. The van der Waals surface area contributed by atoms with E-state index in [-0.39, 0.29) is 6.61 Å². The smallest absolute Gasteiger partial charge is 0.191 e. The quantitative estimate of drug-likeness (QED) is 0.305. The predicted octanol–water partition coefficient (Wildman–Crippen LogP) is 4.31. The highest BCUT2D eigenvalue weighted by Gasteiger charge is 2.36.